The molecule has 1 aromatic heterocycles. The van der Waals surface area contributed by atoms with E-state index in [0.717, 1.165) is 17.1 Å². The molecule has 2 unspecified atom stereocenters. The summed E-state index contributed by atoms with van der Waals surface area (Å²) in [6.07, 6.45) is 0.649. The van der Waals surface area contributed by atoms with E-state index in [-0.39, 0.29) is 24.8 Å². The molecule has 0 saturated carbocycles. The number of hydrogen-bond acceptors (Lipinski definition) is 7. The number of nitrogens with zero attached hydrogens (tertiary/aromatic N) is 2. The minimum atomic E-state index is -0.286. The Morgan fingerprint density at radius 1 is 1.29 bits per heavy atom. The van der Waals surface area contributed by atoms with Gasteiger partial charge in [0.05, 0.1) is 18.3 Å². The molecule has 2 aliphatic heterocycles. The van der Waals surface area contributed by atoms with Gasteiger partial charge in [-0.15, -0.1) is 0 Å². The third kappa shape index (κ3) is 4.20. The van der Waals surface area contributed by atoms with Gasteiger partial charge in [0.1, 0.15) is 18.4 Å². The van der Waals surface area contributed by atoms with Gasteiger partial charge in [-0.3, -0.25) is 14.9 Å². The summed E-state index contributed by atoms with van der Waals surface area (Å²) >= 11 is 0. The molecule has 4 rings (SSSR count). The molecule has 9 nitrogen and oxygen atoms in total. The van der Waals surface area contributed by atoms with Crippen molar-refractivity contribution in [2.45, 2.75) is 38.9 Å². The summed E-state index contributed by atoms with van der Waals surface area (Å²) in [5.41, 5.74) is 8.23. The van der Waals surface area contributed by atoms with Crippen molar-refractivity contribution in [2.75, 3.05) is 19.9 Å². The Kier molecular flexibility index (Phi) is 5.36. The van der Waals surface area contributed by atoms with Crippen LogP contribution in [0.4, 0.5) is 0 Å². The maximum Gasteiger partial charge on any atom is 0.238 e. The fourth-order valence-electron chi connectivity index (χ4n) is 3.38. The molecule has 1 amide bonds. The molecule has 0 bridgehead atoms. The number of carbonyl (C=O) groups excluding carboxylic acids is 1. The summed E-state index contributed by atoms with van der Waals surface area (Å²) in [5.74, 6) is 2.10. The van der Waals surface area contributed by atoms with E-state index in [1.165, 1.54) is 0 Å². The van der Waals surface area contributed by atoms with Gasteiger partial charge in [-0.05, 0) is 38.5 Å². The van der Waals surface area contributed by atoms with Gasteiger partial charge in [0.25, 0.3) is 0 Å². The van der Waals surface area contributed by atoms with Crippen molar-refractivity contribution in [2.24, 2.45) is 0 Å². The van der Waals surface area contributed by atoms with Crippen LogP contribution in [0.3, 0.4) is 0 Å². The van der Waals surface area contributed by atoms with Gasteiger partial charge in [0.15, 0.2) is 11.5 Å². The van der Waals surface area contributed by atoms with E-state index < -0.39 is 0 Å². The Balaban J connectivity index is 1.19. The first kappa shape index (κ1) is 18.6. The van der Waals surface area contributed by atoms with E-state index in [9.17, 15) is 4.79 Å². The number of hydrazine groups is 1. The number of fused-ring (bicyclic) bond motifs is 1. The zero-order chi connectivity index (χ0) is 19.5. The van der Waals surface area contributed by atoms with Gasteiger partial charge in [-0.2, -0.15) is 5.10 Å². The van der Waals surface area contributed by atoms with E-state index in [2.05, 4.69) is 21.3 Å². The second kappa shape index (κ2) is 8.07. The van der Waals surface area contributed by atoms with E-state index in [1.54, 1.807) is 0 Å². The quantitative estimate of drug-likeness (QED) is 0.642. The molecule has 0 radical (unpaired) electrons. The molecule has 2 aromatic rings. The van der Waals surface area contributed by atoms with Crippen LogP contribution >= 0.6 is 0 Å². The summed E-state index contributed by atoms with van der Waals surface area (Å²) in [7, 11) is 0. The van der Waals surface area contributed by atoms with Crippen molar-refractivity contribution < 1.29 is 19.0 Å². The van der Waals surface area contributed by atoms with Gasteiger partial charge in [-0.1, -0.05) is 0 Å². The third-order valence-electron chi connectivity index (χ3n) is 4.82. The van der Waals surface area contributed by atoms with Crippen LogP contribution in [0.5, 0.6) is 17.2 Å². The average molecular weight is 387 g/mol. The molecule has 1 aromatic carbocycles. The van der Waals surface area contributed by atoms with Crippen LogP contribution in [0.25, 0.3) is 0 Å². The summed E-state index contributed by atoms with van der Waals surface area (Å²) in [6.45, 7) is 5.85. The second-order valence-corrected chi connectivity index (χ2v) is 7.04. The highest BCUT2D eigenvalue weighted by molar-refractivity contribution is 5.82. The largest absolute Gasteiger partial charge is 0.492 e. The Labute approximate surface area is 163 Å². The van der Waals surface area contributed by atoms with Crippen molar-refractivity contribution in [1.29, 1.82) is 0 Å². The van der Waals surface area contributed by atoms with Crippen LogP contribution in [0.15, 0.2) is 24.3 Å². The number of benzene rings is 1. The van der Waals surface area contributed by atoms with E-state index in [1.807, 2.05) is 42.8 Å². The number of hydrogen-bond donors (Lipinski definition) is 3. The van der Waals surface area contributed by atoms with Gasteiger partial charge in [0.2, 0.25) is 12.7 Å². The van der Waals surface area contributed by atoms with Crippen molar-refractivity contribution in [1.82, 2.24) is 25.9 Å². The first-order chi connectivity index (χ1) is 13.6. The highest BCUT2D eigenvalue weighted by Gasteiger charge is 2.29. The van der Waals surface area contributed by atoms with E-state index in [4.69, 9.17) is 14.2 Å². The van der Waals surface area contributed by atoms with E-state index >= 15 is 0 Å². The molecule has 9 heteroatoms. The predicted octanol–water partition coefficient (Wildman–Crippen LogP) is 0.659. The molecule has 28 heavy (non-hydrogen) atoms. The molecule has 3 N–H and O–H groups in total. The Bertz CT molecular complexity index is 853. The number of amides is 1. The molecular weight excluding hydrogens is 362 g/mol. The maximum atomic E-state index is 12.4. The van der Waals surface area contributed by atoms with Crippen molar-refractivity contribution in [3.63, 3.8) is 0 Å². The van der Waals surface area contributed by atoms with Crippen LogP contribution in [-0.4, -0.2) is 47.7 Å². The van der Waals surface area contributed by atoms with Crippen LogP contribution in [0, 0.1) is 13.8 Å². The Hall–Kier alpha value is -2.78. The van der Waals surface area contributed by atoms with Gasteiger partial charge >= 0.3 is 0 Å². The van der Waals surface area contributed by atoms with Crippen LogP contribution in [-0.2, 0) is 11.3 Å². The van der Waals surface area contributed by atoms with Gasteiger partial charge in [0, 0.05) is 18.3 Å². The maximum absolute atomic E-state index is 12.4. The van der Waals surface area contributed by atoms with Crippen LogP contribution in [0.1, 0.15) is 17.8 Å². The molecule has 2 atom stereocenters. The lowest BCUT2D eigenvalue weighted by molar-refractivity contribution is -0.122. The highest BCUT2D eigenvalue weighted by Crippen LogP contribution is 2.35. The molecular formula is C19H25N5O4. The number of ether oxygens (including phenoxy) is 3. The molecule has 1 saturated heterocycles. The first-order valence-corrected chi connectivity index (χ1v) is 9.41. The minimum Gasteiger partial charge on any atom is -0.492 e. The zero-order valence-electron chi connectivity index (χ0n) is 16.0. The molecule has 0 spiro atoms. The SMILES string of the molecule is Cc1cc(C)n(CCNC(=O)C2CC(COc3ccc4c(c3)OCO4)NN2)n1. The van der Waals surface area contributed by atoms with Crippen LogP contribution in [0.2, 0.25) is 0 Å². The number of nitrogens with one attached hydrogen (secondary N) is 3. The standard InChI is InChI=1S/C19H25N5O4/c1-12-7-13(2)24(23-12)6-5-20-19(25)16-8-14(21-22-16)10-26-15-3-4-17-18(9-15)28-11-27-17/h3-4,7,9,14,16,21-22H,5-6,8,10-11H2,1-2H3,(H,20,25). The van der Waals surface area contributed by atoms with Crippen LogP contribution < -0.4 is 30.4 Å². The lowest BCUT2D eigenvalue weighted by atomic mass is 10.1. The normalized spacial score (nSPS) is 20.4. The van der Waals surface area contributed by atoms with Gasteiger partial charge < -0.3 is 19.5 Å². The zero-order valence-corrected chi connectivity index (χ0v) is 16.0. The molecule has 3 heterocycles. The average Bonchev–Trinajstić information content (AvgIpc) is 3.40. The smallest absolute Gasteiger partial charge is 0.238 e. The predicted molar refractivity (Wildman–Crippen MR) is 101 cm³/mol. The molecule has 1 fully saturated rings. The van der Waals surface area contributed by atoms with Crippen molar-refractivity contribution >= 4 is 5.91 Å². The summed E-state index contributed by atoms with van der Waals surface area (Å²) in [5, 5.41) is 7.35. The second-order valence-electron chi connectivity index (χ2n) is 7.04. The summed E-state index contributed by atoms with van der Waals surface area (Å²) < 4.78 is 18.4. The topological polar surface area (TPSA) is 98.7 Å². The summed E-state index contributed by atoms with van der Waals surface area (Å²) in [4.78, 5) is 12.4. The van der Waals surface area contributed by atoms with Crippen molar-refractivity contribution in [3.8, 4) is 17.2 Å². The third-order valence-corrected chi connectivity index (χ3v) is 4.82. The lowest BCUT2D eigenvalue weighted by Crippen LogP contribution is -2.44. The Morgan fingerprint density at radius 3 is 2.96 bits per heavy atom. The minimum absolute atomic E-state index is 0.0281. The monoisotopic (exact) mass is 387 g/mol. The fraction of sp³-hybridized carbons (Fsp3) is 0.474. The number of carbonyl (C=O) groups is 1. The van der Waals surface area contributed by atoms with Gasteiger partial charge in [-0.25, -0.2) is 5.43 Å². The molecule has 150 valence electrons. The molecule has 0 aliphatic carbocycles. The van der Waals surface area contributed by atoms with E-state index in [0.29, 0.717) is 37.6 Å². The summed E-state index contributed by atoms with van der Waals surface area (Å²) in [6, 6.07) is 7.27. The molecule has 2 aliphatic rings. The first-order valence-electron chi connectivity index (χ1n) is 9.41. The number of aryl methyl sites for hydroxylation is 2. The number of rotatable bonds is 7. The van der Waals surface area contributed by atoms with Crippen molar-refractivity contribution in [3.05, 3.63) is 35.7 Å². The lowest BCUT2D eigenvalue weighted by Gasteiger charge is -2.12. The highest BCUT2D eigenvalue weighted by atomic mass is 16.7. The number of aromatic nitrogens is 2. The Morgan fingerprint density at radius 2 is 2.14 bits per heavy atom. The fourth-order valence-corrected chi connectivity index (χ4v) is 3.38.